The number of β-amino-alcohol motifs (C(OH)–C–C–N with tert-alkyl or cyclic N) is 1. The van der Waals surface area contributed by atoms with Gasteiger partial charge in [-0.3, -0.25) is 9.59 Å². The molecule has 2 N–H and O–H groups in total. The number of carboxylic acids is 1. The molecule has 2 atom stereocenters. The highest BCUT2D eigenvalue weighted by atomic mass is 32.2. The molecule has 0 bridgehead atoms. The fraction of sp³-hybridized carbons (Fsp3) is 0.500. The summed E-state index contributed by atoms with van der Waals surface area (Å²) in [5, 5.41) is 20.2. The average Bonchev–Trinajstić information content (AvgIpc) is 2.67. The van der Waals surface area contributed by atoms with E-state index in [0.717, 1.165) is 18.3 Å². The van der Waals surface area contributed by atoms with Gasteiger partial charge in [-0.05, 0) is 20.0 Å². The number of likely N-dealkylation sites (tertiary alicyclic amines) is 1. The molecule has 8 nitrogen and oxygen atoms in total. The standard InChI is InChI=1S/C20H25NO7S/c1-21-6-4-11(13(23)10-21)18-14(26-2)9-15(27-3)19-12(22)8-17(28-20(18)19)29-7-5-16(24)25/h8-9,11,13,23H,4-7,10H2,1-3H3,(H,24,25)/t11-,13+/m1/s1. The quantitative estimate of drug-likeness (QED) is 0.647. The van der Waals surface area contributed by atoms with Gasteiger partial charge < -0.3 is 29.0 Å². The number of thioether (sulfide) groups is 1. The van der Waals surface area contributed by atoms with Gasteiger partial charge in [0.25, 0.3) is 0 Å². The first-order valence-electron chi connectivity index (χ1n) is 9.29. The summed E-state index contributed by atoms with van der Waals surface area (Å²) in [5.41, 5.74) is 0.675. The number of piperidine rings is 1. The third kappa shape index (κ3) is 4.52. The monoisotopic (exact) mass is 423 g/mol. The van der Waals surface area contributed by atoms with Crippen molar-refractivity contribution < 1.29 is 28.9 Å². The molecular weight excluding hydrogens is 398 g/mol. The largest absolute Gasteiger partial charge is 0.496 e. The number of methoxy groups -OCH3 is 2. The number of likely N-dealkylation sites (N-methyl/N-ethyl adjacent to an activating group) is 1. The number of hydrogen-bond donors (Lipinski definition) is 2. The highest BCUT2D eigenvalue weighted by molar-refractivity contribution is 7.99. The molecule has 0 radical (unpaired) electrons. The van der Waals surface area contributed by atoms with Crippen LogP contribution in [0.25, 0.3) is 11.0 Å². The number of carboxylic acid groups (broad SMARTS) is 1. The number of carbonyl (C=O) groups is 1. The maximum Gasteiger partial charge on any atom is 0.304 e. The molecule has 1 saturated heterocycles. The Morgan fingerprint density at radius 3 is 2.66 bits per heavy atom. The Labute approximate surface area is 172 Å². The lowest BCUT2D eigenvalue weighted by Gasteiger charge is -2.34. The molecule has 2 aromatic rings. The molecular formula is C20H25NO7S. The van der Waals surface area contributed by atoms with Gasteiger partial charge in [-0.15, -0.1) is 0 Å². The Morgan fingerprint density at radius 2 is 2.03 bits per heavy atom. The molecule has 0 spiro atoms. The molecule has 0 aliphatic carbocycles. The third-order valence-corrected chi connectivity index (χ3v) is 5.99. The van der Waals surface area contributed by atoms with Crippen LogP contribution in [0.15, 0.2) is 26.4 Å². The second-order valence-electron chi connectivity index (χ2n) is 7.05. The van der Waals surface area contributed by atoms with E-state index in [0.29, 0.717) is 40.7 Å². The molecule has 2 heterocycles. The number of benzene rings is 1. The Hall–Kier alpha value is -2.23. The van der Waals surface area contributed by atoms with E-state index < -0.39 is 12.1 Å². The van der Waals surface area contributed by atoms with Crippen LogP contribution in [0.5, 0.6) is 11.5 Å². The van der Waals surface area contributed by atoms with Gasteiger partial charge in [-0.1, -0.05) is 11.8 Å². The highest BCUT2D eigenvalue weighted by Crippen LogP contribution is 2.43. The van der Waals surface area contributed by atoms with Crippen molar-refractivity contribution in [3.63, 3.8) is 0 Å². The number of aliphatic hydroxyl groups is 1. The number of rotatable bonds is 7. The van der Waals surface area contributed by atoms with Crippen LogP contribution in [-0.2, 0) is 4.79 Å². The van der Waals surface area contributed by atoms with E-state index in [1.165, 1.54) is 20.3 Å². The summed E-state index contributed by atoms with van der Waals surface area (Å²) in [4.78, 5) is 25.7. The van der Waals surface area contributed by atoms with E-state index in [1.54, 1.807) is 6.07 Å². The molecule has 1 aliphatic heterocycles. The van der Waals surface area contributed by atoms with Crippen molar-refractivity contribution in [2.45, 2.75) is 30.0 Å². The molecule has 1 aromatic carbocycles. The Morgan fingerprint density at radius 1 is 1.31 bits per heavy atom. The van der Waals surface area contributed by atoms with Crippen molar-refractivity contribution in [2.24, 2.45) is 0 Å². The van der Waals surface area contributed by atoms with Crippen LogP contribution < -0.4 is 14.9 Å². The van der Waals surface area contributed by atoms with E-state index in [1.807, 2.05) is 11.9 Å². The van der Waals surface area contributed by atoms with E-state index in [2.05, 4.69) is 0 Å². The summed E-state index contributed by atoms with van der Waals surface area (Å²) in [6.45, 7) is 1.29. The molecule has 29 heavy (non-hydrogen) atoms. The van der Waals surface area contributed by atoms with E-state index >= 15 is 0 Å². The van der Waals surface area contributed by atoms with Gasteiger partial charge in [0.05, 0.1) is 26.7 Å². The minimum atomic E-state index is -0.917. The summed E-state index contributed by atoms with van der Waals surface area (Å²) in [6.07, 6.45) is -0.0166. The smallest absolute Gasteiger partial charge is 0.304 e. The predicted octanol–water partition coefficient (Wildman–Crippen LogP) is 2.16. The maximum absolute atomic E-state index is 12.9. The summed E-state index contributed by atoms with van der Waals surface area (Å²) in [5.74, 6) is -0.0921. The maximum atomic E-state index is 12.9. The topological polar surface area (TPSA) is 109 Å². The van der Waals surface area contributed by atoms with Gasteiger partial charge in [0.2, 0.25) is 0 Å². The lowest BCUT2D eigenvalue weighted by molar-refractivity contribution is -0.136. The van der Waals surface area contributed by atoms with Crippen LogP contribution in [0.4, 0.5) is 0 Å². The first-order chi connectivity index (χ1) is 13.8. The SMILES string of the molecule is COc1cc(OC)c2c(=O)cc(SCCC(=O)O)oc2c1[C@@H]1CCN(C)C[C@@H]1O. The van der Waals surface area contributed by atoms with E-state index in [-0.39, 0.29) is 28.9 Å². The van der Waals surface area contributed by atoms with Gasteiger partial charge in [0, 0.05) is 35.9 Å². The summed E-state index contributed by atoms with van der Waals surface area (Å²) < 4.78 is 17.0. The minimum Gasteiger partial charge on any atom is -0.496 e. The van der Waals surface area contributed by atoms with Crippen LogP contribution in [0.1, 0.15) is 24.3 Å². The normalized spacial score (nSPS) is 20.0. The van der Waals surface area contributed by atoms with Crippen LogP contribution in [0.3, 0.4) is 0 Å². The van der Waals surface area contributed by atoms with Crippen molar-refractivity contribution in [1.82, 2.24) is 4.90 Å². The zero-order chi connectivity index (χ0) is 21.1. The van der Waals surface area contributed by atoms with Crippen LogP contribution >= 0.6 is 11.8 Å². The second kappa shape index (κ2) is 9.06. The Bertz CT molecular complexity index is 958. The number of fused-ring (bicyclic) bond motifs is 1. The minimum absolute atomic E-state index is 0.0472. The summed E-state index contributed by atoms with van der Waals surface area (Å²) in [7, 11) is 4.93. The van der Waals surface area contributed by atoms with Crippen molar-refractivity contribution >= 4 is 28.7 Å². The zero-order valence-corrected chi connectivity index (χ0v) is 17.5. The molecule has 9 heteroatoms. The number of nitrogens with zero attached hydrogens (tertiary/aromatic N) is 1. The van der Waals surface area contributed by atoms with Gasteiger partial charge in [0.1, 0.15) is 22.5 Å². The van der Waals surface area contributed by atoms with Crippen LogP contribution in [0.2, 0.25) is 0 Å². The molecule has 1 aliphatic rings. The highest BCUT2D eigenvalue weighted by Gasteiger charge is 2.33. The van der Waals surface area contributed by atoms with E-state index in [4.69, 9.17) is 19.0 Å². The molecule has 0 saturated carbocycles. The number of aliphatic carboxylic acids is 1. The lowest BCUT2D eigenvalue weighted by atomic mass is 9.85. The average molecular weight is 423 g/mol. The van der Waals surface area contributed by atoms with Crippen molar-refractivity contribution in [3.8, 4) is 11.5 Å². The second-order valence-corrected chi connectivity index (χ2v) is 8.14. The zero-order valence-electron chi connectivity index (χ0n) is 16.6. The van der Waals surface area contributed by atoms with Crippen molar-refractivity contribution in [1.29, 1.82) is 0 Å². The number of hydrogen-bond acceptors (Lipinski definition) is 8. The van der Waals surface area contributed by atoms with E-state index in [9.17, 15) is 14.7 Å². The number of aliphatic hydroxyl groups excluding tert-OH is 1. The Balaban J connectivity index is 2.17. The van der Waals surface area contributed by atoms with Crippen molar-refractivity contribution in [2.75, 3.05) is 40.1 Å². The summed E-state index contributed by atoms with van der Waals surface area (Å²) in [6, 6.07) is 3.00. The lowest BCUT2D eigenvalue weighted by Crippen LogP contribution is -2.40. The fourth-order valence-electron chi connectivity index (χ4n) is 3.69. The molecule has 158 valence electrons. The summed E-state index contributed by atoms with van der Waals surface area (Å²) >= 11 is 1.16. The molecule has 1 fully saturated rings. The van der Waals surface area contributed by atoms with Gasteiger partial charge in [0.15, 0.2) is 10.5 Å². The van der Waals surface area contributed by atoms with Crippen molar-refractivity contribution in [3.05, 3.63) is 27.9 Å². The van der Waals surface area contributed by atoms with Gasteiger partial charge in [-0.25, -0.2) is 0 Å². The first-order valence-corrected chi connectivity index (χ1v) is 10.3. The molecule has 3 rings (SSSR count). The van der Waals surface area contributed by atoms with Gasteiger partial charge >= 0.3 is 5.97 Å². The molecule has 0 amide bonds. The van der Waals surface area contributed by atoms with Crippen LogP contribution in [0, 0.1) is 0 Å². The molecule has 1 aromatic heterocycles. The first kappa shape index (κ1) is 21.5. The fourth-order valence-corrected chi connectivity index (χ4v) is 4.50. The van der Waals surface area contributed by atoms with Crippen LogP contribution in [-0.4, -0.2) is 67.3 Å². The third-order valence-electron chi connectivity index (χ3n) is 5.10. The molecule has 0 unspecified atom stereocenters. The van der Waals surface area contributed by atoms with Gasteiger partial charge in [-0.2, -0.15) is 0 Å². The predicted molar refractivity (Wildman–Crippen MR) is 109 cm³/mol. The number of ether oxygens (including phenoxy) is 2. The Kier molecular flexibility index (Phi) is 6.71.